The second-order valence-electron chi connectivity index (χ2n) is 6.10. The first kappa shape index (κ1) is 18.3. The van der Waals surface area contributed by atoms with Crippen molar-refractivity contribution in [3.8, 4) is 0 Å². The fraction of sp³-hybridized carbons (Fsp3) is 0.294. The molecule has 0 radical (unpaired) electrons. The summed E-state index contributed by atoms with van der Waals surface area (Å²) in [5.41, 5.74) is 4.81. The van der Waals surface area contributed by atoms with Gasteiger partial charge >= 0.3 is 0 Å². The lowest BCUT2D eigenvalue weighted by molar-refractivity contribution is 0.438. The van der Waals surface area contributed by atoms with Gasteiger partial charge in [0.05, 0.1) is 24.6 Å². The van der Waals surface area contributed by atoms with Crippen LogP contribution in [0.15, 0.2) is 36.8 Å². The van der Waals surface area contributed by atoms with E-state index in [2.05, 4.69) is 16.9 Å². The van der Waals surface area contributed by atoms with Crippen molar-refractivity contribution in [2.75, 3.05) is 11.9 Å². The lowest BCUT2D eigenvalue weighted by Crippen LogP contribution is -2.28. The number of imidazole rings is 1. The van der Waals surface area contributed by atoms with Gasteiger partial charge in [0.25, 0.3) is 0 Å². The van der Waals surface area contributed by atoms with Crippen LogP contribution in [-0.2, 0) is 30.9 Å². The molecule has 1 aromatic carbocycles. The van der Waals surface area contributed by atoms with Gasteiger partial charge in [0.2, 0.25) is 10.9 Å². The Hall–Kier alpha value is -2.49. The quantitative estimate of drug-likeness (QED) is 0.386. The van der Waals surface area contributed by atoms with E-state index in [1.165, 1.54) is 0 Å². The second kappa shape index (κ2) is 7.40. The highest BCUT2D eigenvalue weighted by Gasteiger charge is 2.13. The van der Waals surface area contributed by atoms with Gasteiger partial charge in [-0.05, 0) is 23.6 Å². The largest absolute Gasteiger partial charge is 0.334 e. The van der Waals surface area contributed by atoms with Crippen LogP contribution in [0.25, 0.3) is 11.0 Å². The molecule has 0 amide bonds. The first-order valence-corrected chi connectivity index (χ1v) is 9.33. The van der Waals surface area contributed by atoms with E-state index < -0.39 is 10.9 Å². The summed E-state index contributed by atoms with van der Waals surface area (Å²) in [5, 5.41) is 0. The summed E-state index contributed by atoms with van der Waals surface area (Å²) in [6, 6.07) is 7.83. The highest BCUT2D eigenvalue weighted by Crippen LogP contribution is 2.29. The number of anilines is 2. The fourth-order valence-corrected chi connectivity index (χ4v) is 3.20. The molecule has 3 aromatic rings. The first-order chi connectivity index (χ1) is 12.4. The molecule has 9 heteroatoms. The van der Waals surface area contributed by atoms with Crippen LogP contribution in [-0.4, -0.2) is 34.4 Å². The minimum atomic E-state index is -2.79. The van der Waals surface area contributed by atoms with Crippen LogP contribution < -0.4 is 10.7 Å². The molecule has 0 aliphatic carbocycles. The van der Waals surface area contributed by atoms with E-state index in [1.54, 1.807) is 12.5 Å². The van der Waals surface area contributed by atoms with Gasteiger partial charge in [-0.25, -0.2) is 18.4 Å². The van der Waals surface area contributed by atoms with Crippen molar-refractivity contribution in [3.05, 3.63) is 47.9 Å². The number of rotatable bonds is 6. The molecule has 0 atom stereocenters. The van der Waals surface area contributed by atoms with Gasteiger partial charge in [-0.1, -0.05) is 19.1 Å². The summed E-state index contributed by atoms with van der Waals surface area (Å²) in [5.74, 6) is 6.31. The third-order valence-corrected chi connectivity index (χ3v) is 4.94. The van der Waals surface area contributed by atoms with E-state index in [4.69, 9.17) is 5.84 Å². The molecule has 2 aromatic heterocycles. The number of hydrazine groups is 1. The topological polar surface area (TPSA) is 97.3 Å². The Bertz CT molecular complexity index is 1010. The second-order valence-corrected chi connectivity index (χ2v) is 7.09. The fourth-order valence-electron chi connectivity index (χ4n) is 2.92. The molecule has 8 nitrogen and oxygen atoms in total. The molecular formula is C17H22N6O2S. The van der Waals surface area contributed by atoms with E-state index >= 15 is 0 Å². The van der Waals surface area contributed by atoms with E-state index in [9.17, 15) is 8.42 Å². The Labute approximate surface area is 153 Å². The zero-order chi connectivity index (χ0) is 18.8. The summed E-state index contributed by atoms with van der Waals surface area (Å²) in [6.07, 6.45) is 4.33. The van der Waals surface area contributed by atoms with Gasteiger partial charge in [0, 0.05) is 25.8 Å². The lowest BCUT2D eigenvalue weighted by atomic mass is 10.1. The molecule has 0 saturated carbocycles. The SMILES string of the molecule is CCc1cc(CN(N)[SH](=O)=O)ccc1N(C)c1cc2c(cn1)ncn2C. The van der Waals surface area contributed by atoms with Crippen LogP contribution in [0.2, 0.25) is 0 Å². The summed E-state index contributed by atoms with van der Waals surface area (Å²) in [7, 11) is 1.12. The Morgan fingerprint density at radius 1 is 1.23 bits per heavy atom. The Morgan fingerprint density at radius 2 is 2.00 bits per heavy atom. The molecule has 0 unspecified atom stereocenters. The number of nitrogens with zero attached hydrogens (tertiary/aromatic N) is 5. The maximum Gasteiger partial charge on any atom is 0.216 e. The molecule has 2 N–H and O–H groups in total. The minimum Gasteiger partial charge on any atom is -0.334 e. The number of hydrogen-bond acceptors (Lipinski definition) is 6. The van der Waals surface area contributed by atoms with Crippen LogP contribution >= 0.6 is 0 Å². The number of fused-ring (bicyclic) bond motifs is 1. The van der Waals surface area contributed by atoms with Gasteiger partial charge in [-0.15, -0.1) is 4.41 Å². The number of benzene rings is 1. The number of hydrogen-bond donors (Lipinski definition) is 2. The van der Waals surface area contributed by atoms with Gasteiger partial charge in [0.15, 0.2) is 0 Å². The molecule has 3 rings (SSSR count). The third-order valence-electron chi connectivity index (χ3n) is 4.38. The first-order valence-electron chi connectivity index (χ1n) is 8.19. The Balaban J connectivity index is 1.94. The normalized spacial score (nSPS) is 11.6. The molecule has 26 heavy (non-hydrogen) atoms. The Kier molecular flexibility index (Phi) is 5.21. The van der Waals surface area contributed by atoms with E-state index in [1.807, 2.05) is 47.8 Å². The summed E-state index contributed by atoms with van der Waals surface area (Å²) < 4.78 is 24.7. The minimum absolute atomic E-state index is 0.148. The molecule has 0 fully saturated rings. The summed E-state index contributed by atoms with van der Waals surface area (Å²) in [6.45, 7) is 2.21. The van der Waals surface area contributed by atoms with Crippen molar-refractivity contribution in [2.24, 2.45) is 12.9 Å². The Morgan fingerprint density at radius 3 is 2.69 bits per heavy atom. The van der Waals surface area contributed by atoms with E-state index in [-0.39, 0.29) is 6.54 Å². The van der Waals surface area contributed by atoms with Crippen molar-refractivity contribution in [1.29, 1.82) is 0 Å². The zero-order valence-corrected chi connectivity index (χ0v) is 15.8. The van der Waals surface area contributed by atoms with Crippen LogP contribution in [0.1, 0.15) is 18.1 Å². The van der Waals surface area contributed by atoms with E-state index in [0.717, 1.165) is 44.5 Å². The average molecular weight is 374 g/mol. The molecule has 0 spiro atoms. The monoisotopic (exact) mass is 374 g/mol. The number of nitrogens with two attached hydrogens (primary N) is 1. The molecule has 2 heterocycles. The van der Waals surface area contributed by atoms with Crippen LogP contribution in [0.3, 0.4) is 0 Å². The number of thiol groups is 1. The van der Waals surface area contributed by atoms with Gasteiger partial charge in [0.1, 0.15) is 11.3 Å². The summed E-state index contributed by atoms with van der Waals surface area (Å²) >= 11 is 0. The lowest BCUT2D eigenvalue weighted by Gasteiger charge is -2.22. The van der Waals surface area contributed by atoms with Crippen LogP contribution in [0, 0.1) is 0 Å². The molecule has 0 saturated heterocycles. The van der Waals surface area contributed by atoms with Crippen molar-refractivity contribution >= 4 is 33.4 Å². The molecule has 138 valence electrons. The molecule has 0 bridgehead atoms. The predicted molar refractivity (Wildman–Crippen MR) is 102 cm³/mol. The average Bonchev–Trinajstić information content (AvgIpc) is 3.01. The number of pyridine rings is 1. The summed E-state index contributed by atoms with van der Waals surface area (Å²) in [4.78, 5) is 10.8. The predicted octanol–water partition coefficient (Wildman–Crippen LogP) is 1.50. The third kappa shape index (κ3) is 3.55. The van der Waals surface area contributed by atoms with Crippen molar-refractivity contribution in [2.45, 2.75) is 19.9 Å². The van der Waals surface area contributed by atoms with Gasteiger partial charge in [-0.3, -0.25) is 5.84 Å². The van der Waals surface area contributed by atoms with E-state index in [0.29, 0.717) is 0 Å². The highest BCUT2D eigenvalue weighted by atomic mass is 32.2. The smallest absolute Gasteiger partial charge is 0.216 e. The van der Waals surface area contributed by atoms with Gasteiger partial charge < -0.3 is 9.47 Å². The number of aryl methyl sites for hydroxylation is 2. The number of aromatic nitrogens is 3. The standard InChI is InChI=1S/C17H22N6O2S/c1-4-13-7-12(10-23(18)26(24)25)5-6-15(13)22(3)17-8-16-14(9-19-17)20-11-21(16)2/h5-9,11,26H,4,10,18H2,1-3H3. The highest BCUT2D eigenvalue weighted by molar-refractivity contribution is 7.69. The van der Waals surface area contributed by atoms with Crippen molar-refractivity contribution in [1.82, 2.24) is 18.9 Å². The molecule has 0 aliphatic rings. The van der Waals surface area contributed by atoms with Crippen LogP contribution in [0.5, 0.6) is 0 Å². The maximum atomic E-state index is 10.9. The molecular weight excluding hydrogens is 352 g/mol. The van der Waals surface area contributed by atoms with Crippen LogP contribution in [0.4, 0.5) is 11.5 Å². The van der Waals surface area contributed by atoms with Crippen molar-refractivity contribution < 1.29 is 8.42 Å². The molecule has 0 aliphatic heterocycles. The maximum absolute atomic E-state index is 10.9. The van der Waals surface area contributed by atoms with Gasteiger partial charge in [-0.2, -0.15) is 0 Å². The van der Waals surface area contributed by atoms with Crippen molar-refractivity contribution in [3.63, 3.8) is 0 Å². The zero-order valence-electron chi connectivity index (χ0n) is 15.0.